The van der Waals surface area contributed by atoms with Gasteiger partial charge in [-0.15, -0.1) is 0 Å². The van der Waals surface area contributed by atoms with Crippen LogP contribution in [0.5, 0.6) is 0 Å². The molecule has 21 heavy (non-hydrogen) atoms. The Kier molecular flexibility index (Phi) is 5.15. The fourth-order valence-corrected chi connectivity index (χ4v) is 2.63. The van der Waals surface area contributed by atoms with E-state index in [2.05, 4.69) is 55.2 Å². The number of hydrogen-bond donors (Lipinski definition) is 1. The van der Waals surface area contributed by atoms with Crippen LogP contribution in [-0.4, -0.2) is 28.3 Å². The van der Waals surface area contributed by atoms with Crippen LogP contribution >= 0.6 is 0 Å². The van der Waals surface area contributed by atoms with Crippen LogP contribution in [-0.2, 0) is 13.6 Å². The Hall–Kier alpha value is -1.65. The van der Waals surface area contributed by atoms with Crippen LogP contribution in [0.1, 0.15) is 42.5 Å². The zero-order valence-electron chi connectivity index (χ0n) is 13.5. The van der Waals surface area contributed by atoms with Crippen molar-refractivity contribution in [3.05, 3.63) is 53.3 Å². The van der Waals surface area contributed by atoms with Crippen LogP contribution in [0, 0.1) is 0 Å². The highest BCUT2D eigenvalue weighted by Crippen LogP contribution is 2.23. The Morgan fingerprint density at radius 3 is 2.29 bits per heavy atom. The van der Waals surface area contributed by atoms with Crippen molar-refractivity contribution in [3.8, 4) is 0 Å². The molecule has 2 aromatic rings. The summed E-state index contributed by atoms with van der Waals surface area (Å²) in [4.78, 5) is 2.28. The summed E-state index contributed by atoms with van der Waals surface area (Å²) < 4.78 is 1.83. The molecule has 0 radical (unpaired) electrons. The molecule has 1 heterocycles. The van der Waals surface area contributed by atoms with E-state index < -0.39 is 0 Å². The topological polar surface area (TPSA) is 47.1 Å². The first-order chi connectivity index (χ1) is 10.0. The second kappa shape index (κ2) is 6.87. The number of aryl methyl sites for hydroxylation is 1. The number of aromatic nitrogens is 2. The van der Waals surface area contributed by atoms with Gasteiger partial charge in [0.15, 0.2) is 0 Å². The Bertz CT molecular complexity index is 556. The van der Waals surface area contributed by atoms with Crippen molar-refractivity contribution in [1.82, 2.24) is 14.7 Å². The predicted octanol–water partition coefficient (Wildman–Crippen LogP) is 2.68. The van der Waals surface area contributed by atoms with Crippen LogP contribution in [0.3, 0.4) is 0 Å². The summed E-state index contributed by atoms with van der Waals surface area (Å²) in [6.07, 6.45) is 3.96. The molecule has 0 bridgehead atoms. The minimum atomic E-state index is 0.228. The summed E-state index contributed by atoms with van der Waals surface area (Å²) in [7, 11) is 4.05. The molecule has 2 rings (SSSR count). The molecule has 0 aliphatic heterocycles. The smallest absolute Gasteiger partial charge is 0.0534 e. The van der Waals surface area contributed by atoms with E-state index in [4.69, 9.17) is 5.73 Å². The van der Waals surface area contributed by atoms with Crippen LogP contribution < -0.4 is 5.73 Å². The van der Waals surface area contributed by atoms with E-state index in [0.717, 1.165) is 6.54 Å². The highest BCUT2D eigenvalue weighted by atomic mass is 15.2. The van der Waals surface area contributed by atoms with Gasteiger partial charge in [0.2, 0.25) is 0 Å². The summed E-state index contributed by atoms with van der Waals surface area (Å²) in [6.45, 7) is 5.88. The van der Waals surface area contributed by atoms with Gasteiger partial charge in [0.1, 0.15) is 0 Å². The molecule has 0 amide bonds. The molecule has 0 saturated carbocycles. The number of rotatable bonds is 6. The summed E-state index contributed by atoms with van der Waals surface area (Å²) in [6, 6.07) is 9.05. The van der Waals surface area contributed by atoms with E-state index in [1.165, 1.54) is 16.7 Å². The molecule has 2 N–H and O–H groups in total. The first kappa shape index (κ1) is 15.7. The number of benzene rings is 1. The first-order valence-electron chi connectivity index (χ1n) is 7.49. The maximum absolute atomic E-state index is 6.00. The Morgan fingerprint density at radius 2 is 1.81 bits per heavy atom. The van der Waals surface area contributed by atoms with Crippen LogP contribution in [0.2, 0.25) is 0 Å². The normalized spacial score (nSPS) is 13.1. The van der Waals surface area contributed by atoms with Crippen molar-refractivity contribution in [1.29, 1.82) is 0 Å². The molecular weight excluding hydrogens is 260 g/mol. The number of nitrogens with two attached hydrogens (primary N) is 1. The largest absolute Gasteiger partial charge is 0.329 e. The quantitative estimate of drug-likeness (QED) is 0.888. The third-order valence-electron chi connectivity index (χ3n) is 3.93. The minimum absolute atomic E-state index is 0.228. The second-order valence-electron chi connectivity index (χ2n) is 6.01. The zero-order chi connectivity index (χ0) is 15.4. The van der Waals surface area contributed by atoms with Crippen molar-refractivity contribution < 1.29 is 0 Å². The van der Waals surface area contributed by atoms with E-state index >= 15 is 0 Å². The zero-order valence-corrected chi connectivity index (χ0v) is 13.5. The van der Waals surface area contributed by atoms with Gasteiger partial charge in [0.25, 0.3) is 0 Å². The predicted molar refractivity (Wildman–Crippen MR) is 87.0 cm³/mol. The molecule has 0 aliphatic rings. The minimum Gasteiger partial charge on any atom is -0.329 e. The van der Waals surface area contributed by atoms with Crippen molar-refractivity contribution in [3.63, 3.8) is 0 Å². The van der Waals surface area contributed by atoms with Gasteiger partial charge < -0.3 is 5.73 Å². The van der Waals surface area contributed by atoms with E-state index in [1.54, 1.807) is 0 Å². The molecule has 4 nitrogen and oxygen atoms in total. The fourth-order valence-electron chi connectivity index (χ4n) is 2.63. The molecule has 0 fully saturated rings. The fraction of sp³-hybridized carbons (Fsp3) is 0.471. The summed E-state index contributed by atoms with van der Waals surface area (Å²) in [5.41, 5.74) is 9.84. The maximum Gasteiger partial charge on any atom is 0.0534 e. The van der Waals surface area contributed by atoms with Crippen molar-refractivity contribution in [2.75, 3.05) is 13.6 Å². The number of nitrogens with zero attached hydrogens (tertiary/aromatic N) is 3. The van der Waals surface area contributed by atoms with Gasteiger partial charge in [-0.3, -0.25) is 9.58 Å². The molecule has 0 spiro atoms. The lowest BCUT2D eigenvalue weighted by Gasteiger charge is -2.27. The van der Waals surface area contributed by atoms with Gasteiger partial charge in [-0.1, -0.05) is 38.1 Å². The SMILES string of the molecule is CC(C)c1ccc(C(CN)N(C)Cc2cnn(C)c2)cc1. The van der Waals surface area contributed by atoms with E-state index in [9.17, 15) is 0 Å². The lowest BCUT2D eigenvalue weighted by Crippen LogP contribution is -2.30. The molecule has 1 aromatic heterocycles. The lowest BCUT2D eigenvalue weighted by molar-refractivity contribution is 0.241. The van der Waals surface area contributed by atoms with Gasteiger partial charge in [-0.05, 0) is 24.1 Å². The van der Waals surface area contributed by atoms with Crippen LogP contribution in [0.4, 0.5) is 0 Å². The van der Waals surface area contributed by atoms with Gasteiger partial charge in [0, 0.05) is 37.9 Å². The average Bonchev–Trinajstić information content (AvgIpc) is 2.85. The highest BCUT2D eigenvalue weighted by Gasteiger charge is 2.16. The lowest BCUT2D eigenvalue weighted by atomic mass is 9.98. The van der Waals surface area contributed by atoms with E-state index in [-0.39, 0.29) is 6.04 Å². The summed E-state index contributed by atoms with van der Waals surface area (Å²) in [5, 5.41) is 4.22. The third kappa shape index (κ3) is 3.93. The summed E-state index contributed by atoms with van der Waals surface area (Å²) in [5.74, 6) is 0.559. The Morgan fingerprint density at radius 1 is 1.19 bits per heavy atom. The second-order valence-corrected chi connectivity index (χ2v) is 6.01. The molecule has 0 saturated heterocycles. The number of likely N-dealkylation sites (N-methyl/N-ethyl adjacent to an activating group) is 1. The maximum atomic E-state index is 6.00. The average molecular weight is 286 g/mol. The van der Waals surface area contributed by atoms with Gasteiger partial charge in [-0.2, -0.15) is 5.10 Å². The Labute approximate surface area is 127 Å². The molecule has 1 unspecified atom stereocenters. The third-order valence-corrected chi connectivity index (χ3v) is 3.93. The number of hydrogen-bond acceptors (Lipinski definition) is 3. The van der Waals surface area contributed by atoms with Gasteiger partial charge in [-0.25, -0.2) is 0 Å². The molecule has 0 aliphatic carbocycles. The highest BCUT2D eigenvalue weighted by molar-refractivity contribution is 5.27. The van der Waals surface area contributed by atoms with E-state index in [1.807, 2.05) is 24.1 Å². The van der Waals surface area contributed by atoms with Crippen molar-refractivity contribution in [2.45, 2.75) is 32.4 Å². The standard InChI is InChI=1S/C17H26N4/c1-13(2)15-5-7-16(8-6-15)17(9-18)20(3)11-14-10-19-21(4)12-14/h5-8,10,12-13,17H,9,11,18H2,1-4H3. The van der Waals surface area contributed by atoms with Crippen LogP contribution in [0.25, 0.3) is 0 Å². The van der Waals surface area contributed by atoms with E-state index in [0.29, 0.717) is 12.5 Å². The summed E-state index contributed by atoms with van der Waals surface area (Å²) >= 11 is 0. The van der Waals surface area contributed by atoms with Gasteiger partial charge >= 0.3 is 0 Å². The Balaban J connectivity index is 2.10. The molecule has 1 aromatic carbocycles. The van der Waals surface area contributed by atoms with Crippen molar-refractivity contribution in [2.24, 2.45) is 12.8 Å². The van der Waals surface area contributed by atoms with Gasteiger partial charge in [0.05, 0.1) is 6.20 Å². The molecule has 114 valence electrons. The molecule has 4 heteroatoms. The molecular formula is C17H26N4. The molecule has 1 atom stereocenters. The van der Waals surface area contributed by atoms with Crippen molar-refractivity contribution >= 4 is 0 Å². The van der Waals surface area contributed by atoms with Crippen LogP contribution in [0.15, 0.2) is 36.7 Å². The monoisotopic (exact) mass is 286 g/mol. The first-order valence-corrected chi connectivity index (χ1v) is 7.49.